The van der Waals surface area contributed by atoms with E-state index in [1.807, 2.05) is 36.4 Å². The Morgan fingerprint density at radius 1 is 0.824 bits per heavy atom. The van der Waals surface area contributed by atoms with Crippen molar-refractivity contribution in [1.82, 2.24) is 25.0 Å². The molecule has 2 aliphatic rings. The zero-order chi connectivity index (χ0) is 23.2. The van der Waals surface area contributed by atoms with Crippen molar-refractivity contribution in [1.29, 1.82) is 0 Å². The molecule has 2 aromatic carbocycles. The molecule has 0 fully saturated rings. The molecule has 0 aliphatic carbocycles. The summed E-state index contributed by atoms with van der Waals surface area (Å²) < 4.78 is 1.72. The van der Waals surface area contributed by atoms with Crippen LogP contribution < -0.4 is 5.32 Å². The van der Waals surface area contributed by atoms with Crippen molar-refractivity contribution in [3.05, 3.63) is 95.3 Å². The van der Waals surface area contributed by atoms with E-state index in [0.717, 1.165) is 22.4 Å². The second kappa shape index (κ2) is 7.77. The molecule has 4 heterocycles. The van der Waals surface area contributed by atoms with Crippen LogP contribution in [0.4, 0.5) is 0 Å². The monoisotopic (exact) mass is 449 g/mol. The Morgan fingerprint density at radius 2 is 1.59 bits per heavy atom. The summed E-state index contributed by atoms with van der Waals surface area (Å²) in [6.45, 7) is 1.38. The molecule has 166 valence electrons. The highest BCUT2D eigenvalue weighted by molar-refractivity contribution is 6.21. The average molecular weight is 449 g/mol. The van der Waals surface area contributed by atoms with E-state index in [4.69, 9.17) is 0 Å². The van der Waals surface area contributed by atoms with Crippen molar-refractivity contribution in [2.24, 2.45) is 0 Å². The van der Waals surface area contributed by atoms with Gasteiger partial charge in [0.15, 0.2) is 0 Å². The van der Waals surface area contributed by atoms with Gasteiger partial charge in [-0.15, -0.1) is 0 Å². The van der Waals surface area contributed by atoms with Gasteiger partial charge in [-0.05, 0) is 42.0 Å². The highest BCUT2D eigenvalue weighted by atomic mass is 16.2. The number of pyridine rings is 1. The van der Waals surface area contributed by atoms with E-state index >= 15 is 0 Å². The van der Waals surface area contributed by atoms with Crippen LogP contribution in [0.2, 0.25) is 0 Å². The van der Waals surface area contributed by atoms with Crippen LogP contribution in [0.1, 0.15) is 36.8 Å². The third-order valence-corrected chi connectivity index (χ3v) is 6.12. The summed E-state index contributed by atoms with van der Waals surface area (Å²) in [6, 6.07) is 20.1. The van der Waals surface area contributed by atoms with Gasteiger partial charge in [0.1, 0.15) is 5.69 Å². The molecule has 6 rings (SSSR count). The van der Waals surface area contributed by atoms with Gasteiger partial charge < -0.3 is 5.32 Å². The highest BCUT2D eigenvalue weighted by Gasteiger charge is 2.35. The third kappa shape index (κ3) is 3.27. The van der Waals surface area contributed by atoms with Gasteiger partial charge in [0.25, 0.3) is 17.7 Å². The molecule has 8 nitrogen and oxygen atoms in total. The van der Waals surface area contributed by atoms with Gasteiger partial charge in [0.2, 0.25) is 0 Å². The molecule has 0 atom stereocenters. The first-order chi connectivity index (χ1) is 16.6. The number of imide groups is 1. The first-order valence-electron chi connectivity index (χ1n) is 11.0. The highest BCUT2D eigenvalue weighted by Crippen LogP contribution is 2.28. The summed E-state index contributed by atoms with van der Waals surface area (Å²) in [4.78, 5) is 43.3. The molecule has 0 saturated carbocycles. The lowest BCUT2D eigenvalue weighted by molar-refractivity contribution is 0.0642. The first kappa shape index (κ1) is 20.0. The fourth-order valence-electron chi connectivity index (χ4n) is 4.42. The molecule has 0 bridgehead atoms. The minimum absolute atomic E-state index is 0.125. The largest absolute Gasteiger partial charge is 0.349 e. The summed E-state index contributed by atoms with van der Waals surface area (Å²) in [5, 5.41) is 7.40. The van der Waals surface area contributed by atoms with Gasteiger partial charge in [-0.2, -0.15) is 5.10 Å². The topological polar surface area (TPSA) is 97.2 Å². The second-order valence-corrected chi connectivity index (χ2v) is 8.27. The molecular formula is C26H19N5O3. The van der Waals surface area contributed by atoms with Crippen LogP contribution in [-0.2, 0) is 13.1 Å². The van der Waals surface area contributed by atoms with Crippen LogP contribution in [0.3, 0.4) is 0 Å². The maximum absolute atomic E-state index is 12.7. The number of carbonyl (C=O) groups is 3. The fourth-order valence-corrected chi connectivity index (χ4v) is 4.42. The molecule has 1 N–H and O–H groups in total. The van der Waals surface area contributed by atoms with Crippen LogP contribution in [0.15, 0.2) is 72.9 Å². The third-order valence-electron chi connectivity index (χ3n) is 6.12. The zero-order valence-corrected chi connectivity index (χ0v) is 18.1. The number of nitrogens with one attached hydrogen (secondary N) is 1. The van der Waals surface area contributed by atoms with E-state index in [2.05, 4.69) is 15.4 Å². The Bertz CT molecular complexity index is 1450. The van der Waals surface area contributed by atoms with E-state index in [1.165, 1.54) is 4.90 Å². The number of hydrogen-bond donors (Lipinski definition) is 1. The summed E-state index contributed by atoms with van der Waals surface area (Å²) in [6.07, 6.45) is 1.71. The molecule has 4 aromatic rings. The summed E-state index contributed by atoms with van der Waals surface area (Å²) in [5.74, 6) is -0.682. The number of carbonyl (C=O) groups excluding carboxylic acids is 3. The smallest absolute Gasteiger partial charge is 0.269 e. The van der Waals surface area contributed by atoms with E-state index < -0.39 is 0 Å². The maximum Gasteiger partial charge on any atom is 0.269 e. The van der Waals surface area contributed by atoms with Gasteiger partial charge in [-0.1, -0.05) is 30.3 Å². The number of aromatic nitrogens is 3. The Morgan fingerprint density at radius 3 is 2.35 bits per heavy atom. The van der Waals surface area contributed by atoms with E-state index in [0.29, 0.717) is 35.6 Å². The Labute approximate surface area is 194 Å². The molecule has 3 amide bonds. The Balaban J connectivity index is 1.28. The number of nitrogens with zero attached hydrogens (tertiary/aromatic N) is 4. The fraction of sp³-hybridized carbons (Fsp3) is 0.115. The van der Waals surface area contributed by atoms with Gasteiger partial charge in [-0.3, -0.25) is 28.9 Å². The van der Waals surface area contributed by atoms with E-state index in [9.17, 15) is 14.4 Å². The van der Waals surface area contributed by atoms with E-state index in [1.54, 1.807) is 41.2 Å². The van der Waals surface area contributed by atoms with E-state index in [-0.39, 0.29) is 24.3 Å². The molecule has 2 aliphatic heterocycles. The molecule has 0 saturated heterocycles. The van der Waals surface area contributed by atoms with Crippen molar-refractivity contribution in [3.8, 4) is 22.5 Å². The SMILES string of the molecule is O=C1NCCn2nc(-c3ccnc(-c4cccc(CN5C(=O)c6ccccc6C5=O)c4)c3)cc21. The second-order valence-electron chi connectivity index (χ2n) is 8.27. The number of benzene rings is 2. The number of fused-ring (bicyclic) bond motifs is 2. The van der Waals surface area contributed by atoms with Crippen LogP contribution in [-0.4, -0.2) is 43.9 Å². The number of hydrogen-bond acceptors (Lipinski definition) is 5. The van der Waals surface area contributed by atoms with Gasteiger partial charge in [-0.25, -0.2) is 0 Å². The summed E-state index contributed by atoms with van der Waals surface area (Å²) in [5.41, 5.74) is 5.40. The van der Waals surface area contributed by atoms with Crippen LogP contribution >= 0.6 is 0 Å². The van der Waals surface area contributed by atoms with Crippen LogP contribution in [0, 0.1) is 0 Å². The molecule has 8 heteroatoms. The van der Waals surface area contributed by atoms with Gasteiger partial charge in [0, 0.05) is 23.9 Å². The molecule has 0 unspecified atom stereocenters. The normalized spacial score (nSPS) is 14.7. The first-order valence-corrected chi connectivity index (χ1v) is 11.0. The Hall–Kier alpha value is -4.59. The van der Waals surface area contributed by atoms with Gasteiger partial charge in [0.05, 0.1) is 35.6 Å². The van der Waals surface area contributed by atoms with Crippen molar-refractivity contribution in [2.75, 3.05) is 6.54 Å². The standard InChI is InChI=1S/C26H19N5O3/c32-24-23-14-22(29-31(23)11-10-28-24)18-8-9-27-21(13-18)17-5-3-4-16(12-17)15-30-25(33)19-6-1-2-7-20(19)26(30)34/h1-9,12-14H,10-11,15H2,(H,28,32). The lowest BCUT2D eigenvalue weighted by atomic mass is 10.0. The summed E-state index contributed by atoms with van der Waals surface area (Å²) in [7, 11) is 0. The lowest BCUT2D eigenvalue weighted by Gasteiger charge is -2.14. The average Bonchev–Trinajstić information content (AvgIpc) is 3.41. The van der Waals surface area contributed by atoms with Gasteiger partial charge >= 0.3 is 0 Å². The molecule has 2 aromatic heterocycles. The molecule has 0 spiro atoms. The maximum atomic E-state index is 12.7. The summed E-state index contributed by atoms with van der Waals surface area (Å²) >= 11 is 0. The van der Waals surface area contributed by atoms with Crippen molar-refractivity contribution >= 4 is 17.7 Å². The number of rotatable bonds is 4. The lowest BCUT2D eigenvalue weighted by Crippen LogP contribution is -2.35. The molecular weight excluding hydrogens is 430 g/mol. The number of amides is 3. The predicted molar refractivity (Wildman–Crippen MR) is 124 cm³/mol. The minimum Gasteiger partial charge on any atom is -0.349 e. The van der Waals surface area contributed by atoms with Crippen LogP contribution in [0.25, 0.3) is 22.5 Å². The quantitative estimate of drug-likeness (QED) is 0.483. The van der Waals surface area contributed by atoms with Crippen LogP contribution in [0.5, 0.6) is 0 Å². The molecule has 0 radical (unpaired) electrons. The Kier molecular flexibility index (Phi) is 4.58. The zero-order valence-electron chi connectivity index (χ0n) is 18.1. The van der Waals surface area contributed by atoms with Crippen molar-refractivity contribution < 1.29 is 14.4 Å². The minimum atomic E-state index is -0.279. The predicted octanol–water partition coefficient (Wildman–Crippen LogP) is 3.15. The molecule has 34 heavy (non-hydrogen) atoms. The van der Waals surface area contributed by atoms with Crippen molar-refractivity contribution in [3.63, 3.8) is 0 Å². The van der Waals surface area contributed by atoms with Crippen molar-refractivity contribution in [2.45, 2.75) is 13.1 Å².